The van der Waals surface area contributed by atoms with Crippen LogP contribution in [-0.2, 0) is 4.79 Å². The highest BCUT2D eigenvalue weighted by molar-refractivity contribution is 5.88. The van der Waals surface area contributed by atoms with E-state index in [2.05, 4.69) is 20.4 Å². The molecule has 0 aromatic heterocycles. The van der Waals surface area contributed by atoms with Crippen LogP contribution in [0.5, 0.6) is 0 Å². The van der Waals surface area contributed by atoms with Gasteiger partial charge in [0.25, 0.3) is 0 Å². The van der Waals surface area contributed by atoms with Crippen LogP contribution in [0.25, 0.3) is 0 Å². The van der Waals surface area contributed by atoms with Crippen molar-refractivity contribution >= 4 is 5.91 Å². The summed E-state index contributed by atoms with van der Waals surface area (Å²) in [5.41, 5.74) is 0.449. The van der Waals surface area contributed by atoms with Gasteiger partial charge in [-0.15, -0.1) is 0 Å². The van der Waals surface area contributed by atoms with Gasteiger partial charge >= 0.3 is 0 Å². The zero-order valence-electron chi connectivity index (χ0n) is 10.5. The summed E-state index contributed by atoms with van der Waals surface area (Å²) in [5, 5.41) is 0. The molecule has 1 aliphatic heterocycles. The van der Waals surface area contributed by atoms with Gasteiger partial charge in [0.05, 0.1) is 0 Å². The molecule has 1 saturated heterocycles. The minimum atomic E-state index is 0.120. The smallest absolute Gasteiger partial charge is 0.246 e. The monoisotopic (exact) mass is 221 g/mol. The Morgan fingerprint density at radius 1 is 1.38 bits per heavy atom. The van der Waals surface area contributed by atoms with E-state index in [0.717, 1.165) is 6.54 Å². The lowest BCUT2D eigenvalue weighted by atomic mass is 9.60. The molecule has 2 rings (SSSR count). The van der Waals surface area contributed by atoms with E-state index in [1.807, 2.05) is 4.90 Å². The van der Waals surface area contributed by atoms with Gasteiger partial charge < -0.3 is 4.90 Å². The van der Waals surface area contributed by atoms with Crippen LogP contribution in [0, 0.1) is 11.3 Å². The Morgan fingerprint density at radius 3 is 2.50 bits per heavy atom. The number of likely N-dealkylation sites (tertiary alicyclic amines) is 1. The van der Waals surface area contributed by atoms with Crippen molar-refractivity contribution in [1.82, 2.24) is 4.90 Å². The standard InChI is InChI=1S/C14H23NO/c1-4-12(16)15-10-14(13(15)11(2)3)8-6-5-7-9-14/h4,11,13H,1,5-10H2,2-3H3. The molecule has 1 atom stereocenters. The number of nitrogens with zero attached hydrogens (tertiary/aromatic N) is 1. The first-order valence-corrected chi connectivity index (χ1v) is 6.54. The van der Waals surface area contributed by atoms with Crippen molar-refractivity contribution < 1.29 is 4.79 Å². The number of carbonyl (C=O) groups is 1. The molecule has 1 amide bonds. The highest BCUT2D eigenvalue weighted by Gasteiger charge is 2.54. The van der Waals surface area contributed by atoms with E-state index in [1.54, 1.807) is 0 Å². The Hall–Kier alpha value is -0.790. The van der Waals surface area contributed by atoms with Crippen LogP contribution < -0.4 is 0 Å². The summed E-state index contributed by atoms with van der Waals surface area (Å²) < 4.78 is 0. The van der Waals surface area contributed by atoms with E-state index < -0.39 is 0 Å². The predicted octanol–water partition coefficient (Wildman–Crippen LogP) is 2.99. The molecule has 0 N–H and O–H groups in total. The maximum Gasteiger partial charge on any atom is 0.246 e. The Bertz CT molecular complexity index is 289. The van der Waals surface area contributed by atoms with E-state index in [0.29, 0.717) is 17.4 Å². The average Bonchev–Trinajstić information content (AvgIpc) is 2.25. The number of amides is 1. The van der Waals surface area contributed by atoms with Crippen LogP contribution in [0.4, 0.5) is 0 Å². The molecule has 1 aliphatic carbocycles. The molecule has 1 unspecified atom stereocenters. The van der Waals surface area contributed by atoms with Crippen LogP contribution in [0.3, 0.4) is 0 Å². The fourth-order valence-electron chi connectivity index (χ4n) is 3.86. The molecule has 0 radical (unpaired) electrons. The molecule has 2 fully saturated rings. The number of carbonyl (C=O) groups excluding carboxylic acids is 1. The predicted molar refractivity (Wildman–Crippen MR) is 66.1 cm³/mol. The summed E-state index contributed by atoms with van der Waals surface area (Å²) in [5.74, 6) is 0.686. The average molecular weight is 221 g/mol. The van der Waals surface area contributed by atoms with Gasteiger partial charge in [0.15, 0.2) is 0 Å². The minimum absolute atomic E-state index is 0.120. The van der Waals surface area contributed by atoms with Gasteiger partial charge in [0.2, 0.25) is 5.91 Å². The van der Waals surface area contributed by atoms with E-state index in [9.17, 15) is 4.79 Å². The molecular weight excluding hydrogens is 198 g/mol. The van der Waals surface area contributed by atoms with Gasteiger partial charge in [-0.2, -0.15) is 0 Å². The number of hydrogen-bond donors (Lipinski definition) is 0. The molecule has 1 spiro atoms. The minimum Gasteiger partial charge on any atom is -0.335 e. The Morgan fingerprint density at radius 2 is 2.00 bits per heavy atom. The van der Waals surface area contributed by atoms with Crippen LogP contribution in [0.15, 0.2) is 12.7 Å². The topological polar surface area (TPSA) is 20.3 Å². The van der Waals surface area contributed by atoms with Gasteiger partial charge in [-0.1, -0.05) is 39.7 Å². The second-order valence-corrected chi connectivity index (χ2v) is 5.78. The molecule has 90 valence electrons. The molecule has 2 aliphatic rings. The Kier molecular flexibility index (Phi) is 3.09. The SMILES string of the molecule is C=CC(=O)N1CC2(CCCCC2)C1C(C)C. The fourth-order valence-corrected chi connectivity index (χ4v) is 3.86. The zero-order chi connectivity index (χ0) is 11.8. The van der Waals surface area contributed by atoms with Gasteiger partial charge in [-0.3, -0.25) is 4.79 Å². The summed E-state index contributed by atoms with van der Waals surface area (Å²) in [7, 11) is 0. The Balaban J connectivity index is 2.13. The van der Waals surface area contributed by atoms with Crippen molar-refractivity contribution in [3.8, 4) is 0 Å². The molecule has 0 bridgehead atoms. The molecule has 1 heterocycles. The van der Waals surface area contributed by atoms with Crippen molar-refractivity contribution in [3.63, 3.8) is 0 Å². The molecule has 2 nitrogen and oxygen atoms in total. The van der Waals surface area contributed by atoms with Crippen molar-refractivity contribution in [1.29, 1.82) is 0 Å². The summed E-state index contributed by atoms with van der Waals surface area (Å²) >= 11 is 0. The van der Waals surface area contributed by atoms with Crippen molar-refractivity contribution in [2.24, 2.45) is 11.3 Å². The van der Waals surface area contributed by atoms with E-state index in [1.165, 1.54) is 38.2 Å². The summed E-state index contributed by atoms with van der Waals surface area (Å²) in [4.78, 5) is 13.8. The second kappa shape index (κ2) is 4.23. The summed E-state index contributed by atoms with van der Waals surface area (Å²) in [6.45, 7) is 9.05. The van der Waals surface area contributed by atoms with Gasteiger partial charge in [0.1, 0.15) is 0 Å². The van der Waals surface area contributed by atoms with Crippen molar-refractivity contribution in [3.05, 3.63) is 12.7 Å². The normalized spacial score (nSPS) is 27.9. The van der Waals surface area contributed by atoms with E-state index in [-0.39, 0.29) is 5.91 Å². The third kappa shape index (κ3) is 1.68. The quantitative estimate of drug-likeness (QED) is 0.656. The van der Waals surface area contributed by atoms with Gasteiger partial charge in [0, 0.05) is 18.0 Å². The summed E-state index contributed by atoms with van der Waals surface area (Å²) in [6.07, 6.45) is 8.17. The lowest BCUT2D eigenvalue weighted by molar-refractivity contribution is -0.160. The van der Waals surface area contributed by atoms with Gasteiger partial charge in [-0.05, 0) is 24.8 Å². The maximum atomic E-state index is 11.7. The molecule has 1 saturated carbocycles. The molecule has 2 heteroatoms. The molecule has 0 aromatic carbocycles. The van der Waals surface area contributed by atoms with Crippen molar-refractivity contribution in [2.45, 2.75) is 52.0 Å². The maximum absolute atomic E-state index is 11.7. The summed E-state index contributed by atoms with van der Waals surface area (Å²) in [6, 6.07) is 0.457. The van der Waals surface area contributed by atoms with Crippen LogP contribution in [0.2, 0.25) is 0 Å². The first-order valence-electron chi connectivity index (χ1n) is 6.54. The highest BCUT2D eigenvalue weighted by Crippen LogP contribution is 2.51. The fraction of sp³-hybridized carbons (Fsp3) is 0.786. The van der Waals surface area contributed by atoms with Gasteiger partial charge in [-0.25, -0.2) is 0 Å². The first kappa shape index (κ1) is 11.7. The highest BCUT2D eigenvalue weighted by atomic mass is 16.2. The second-order valence-electron chi connectivity index (χ2n) is 5.78. The van der Waals surface area contributed by atoms with E-state index >= 15 is 0 Å². The van der Waals surface area contributed by atoms with Crippen molar-refractivity contribution in [2.75, 3.05) is 6.54 Å². The zero-order valence-corrected chi connectivity index (χ0v) is 10.5. The molecular formula is C14H23NO. The van der Waals surface area contributed by atoms with Crippen LogP contribution in [-0.4, -0.2) is 23.4 Å². The van der Waals surface area contributed by atoms with Crippen LogP contribution >= 0.6 is 0 Å². The molecule has 0 aromatic rings. The van der Waals surface area contributed by atoms with Crippen LogP contribution in [0.1, 0.15) is 46.0 Å². The third-order valence-corrected chi connectivity index (χ3v) is 4.39. The lowest BCUT2D eigenvalue weighted by Crippen LogP contribution is -2.68. The number of rotatable bonds is 2. The van der Waals surface area contributed by atoms with E-state index in [4.69, 9.17) is 0 Å². The first-order chi connectivity index (χ1) is 7.60. The largest absolute Gasteiger partial charge is 0.335 e. The molecule has 16 heavy (non-hydrogen) atoms. The number of hydrogen-bond acceptors (Lipinski definition) is 1. The lowest BCUT2D eigenvalue weighted by Gasteiger charge is -2.61. The Labute approximate surface area is 98.7 Å². The third-order valence-electron chi connectivity index (χ3n) is 4.39.